The highest BCUT2D eigenvalue weighted by Gasteiger charge is 2.23. The summed E-state index contributed by atoms with van der Waals surface area (Å²) in [5, 5.41) is 21.2. The van der Waals surface area contributed by atoms with Gasteiger partial charge in [0.1, 0.15) is 36.0 Å². The molecule has 158 valence electrons. The predicted octanol–water partition coefficient (Wildman–Crippen LogP) is 1.16. The van der Waals surface area contributed by atoms with Crippen LogP contribution in [0.3, 0.4) is 0 Å². The molecule has 0 radical (unpaired) electrons. The zero-order valence-corrected chi connectivity index (χ0v) is 15.7. The van der Waals surface area contributed by atoms with Crippen molar-refractivity contribution >= 4 is 39.9 Å². The number of amides is 1. The van der Waals surface area contributed by atoms with E-state index in [4.69, 9.17) is 10.2 Å². The van der Waals surface area contributed by atoms with E-state index in [1.807, 2.05) is 0 Å². The molecule has 12 heteroatoms. The summed E-state index contributed by atoms with van der Waals surface area (Å²) < 4.78 is 15.2. The zero-order valence-electron chi connectivity index (χ0n) is 15.7. The lowest BCUT2D eigenvalue weighted by Crippen LogP contribution is -2.43. The van der Waals surface area contributed by atoms with Crippen LogP contribution in [0.2, 0.25) is 0 Å². The number of hydrogen-bond acceptors (Lipinski definition) is 6. The number of aromatic nitrogens is 5. The molecule has 0 unspecified atom stereocenters. The van der Waals surface area contributed by atoms with Gasteiger partial charge in [0.15, 0.2) is 0 Å². The molecule has 0 spiro atoms. The summed E-state index contributed by atoms with van der Waals surface area (Å²) in [6.07, 6.45) is 4.87. The van der Waals surface area contributed by atoms with Crippen molar-refractivity contribution < 1.29 is 29.0 Å². The molecule has 1 amide bonds. The summed E-state index contributed by atoms with van der Waals surface area (Å²) in [6, 6.07) is 1.46. The number of rotatable bonds is 7. The average molecular weight is 426 g/mol. The largest absolute Gasteiger partial charge is 0.481 e. The van der Waals surface area contributed by atoms with Crippen LogP contribution in [0, 0.1) is 5.82 Å². The molecule has 11 nitrogen and oxygen atoms in total. The van der Waals surface area contributed by atoms with Gasteiger partial charge in [-0.2, -0.15) is 0 Å². The number of halogens is 1. The number of aliphatic carboxylic acids is 2. The second kappa shape index (κ2) is 7.82. The first-order valence-electron chi connectivity index (χ1n) is 9.00. The Morgan fingerprint density at radius 1 is 1.19 bits per heavy atom. The standard InChI is InChI=1S/C19H15FN6O5/c20-9-3-11-12(6-22-17(11)21-5-9)16-10-1-2-26(18(10)24-8-23-16)7-14(27)25-13(19(30)31)4-15(28)29/h1-3,5-6,8,13H,4,7H2,(H,21,22)(H,25,27)(H,28,29)(H,30,31)/t13-/m0/s1. The van der Waals surface area contributed by atoms with Crippen molar-refractivity contribution in [2.24, 2.45) is 0 Å². The van der Waals surface area contributed by atoms with Crippen LogP contribution in [-0.4, -0.2) is 58.6 Å². The topological polar surface area (TPSA) is 163 Å². The first-order chi connectivity index (χ1) is 14.8. The number of carboxylic acids is 2. The Morgan fingerprint density at radius 2 is 2.00 bits per heavy atom. The molecule has 0 aliphatic rings. The average Bonchev–Trinajstić information content (AvgIpc) is 3.31. The van der Waals surface area contributed by atoms with Crippen molar-refractivity contribution in [1.29, 1.82) is 0 Å². The van der Waals surface area contributed by atoms with Crippen molar-refractivity contribution in [1.82, 2.24) is 29.8 Å². The van der Waals surface area contributed by atoms with Gasteiger partial charge in [-0.1, -0.05) is 0 Å². The second-order valence-corrected chi connectivity index (χ2v) is 6.71. The third kappa shape index (κ3) is 3.90. The molecule has 4 rings (SSSR count). The van der Waals surface area contributed by atoms with Crippen LogP contribution in [-0.2, 0) is 20.9 Å². The van der Waals surface area contributed by atoms with E-state index >= 15 is 0 Å². The molecule has 4 aromatic rings. The maximum atomic E-state index is 13.7. The molecule has 1 atom stereocenters. The van der Waals surface area contributed by atoms with Crippen LogP contribution in [0.4, 0.5) is 4.39 Å². The Bertz CT molecular complexity index is 1330. The van der Waals surface area contributed by atoms with E-state index in [0.29, 0.717) is 33.3 Å². The third-order valence-corrected chi connectivity index (χ3v) is 4.63. The number of carbonyl (C=O) groups excluding carboxylic acids is 1. The SMILES string of the molecule is O=C(O)C[C@H](NC(=O)Cn1ccc2c(-c3c[nH]c4ncc(F)cc34)ncnc21)C(=O)O. The van der Waals surface area contributed by atoms with Gasteiger partial charge >= 0.3 is 11.9 Å². The summed E-state index contributed by atoms with van der Waals surface area (Å²) in [6.45, 7) is -0.284. The van der Waals surface area contributed by atoms with E-state index in [-0.39, 0.29) is 6.54 Å². The summed E-state index contributed by atoms with van der Waals surface area (Å²) in [7, 11) is 0. The molecule has 0 saturated heterocycles. The van der Waals surface area contributed by atoms with Gasteiger partial charge in [-0.15, -0.1) is 0 Å². The van der Waals surface area contributed by atoms with Gasteiger partial charge in [-0.3, -0.25) is 9.59 Å². The normalized spacial score (nSPS) is 12.2. The smallest absolute Gasteiger partial charge is 0.326 e. The number of aromatic amines is 1. The number of pyridine rings is 1. The number of fused-ring (bicyclic) bond motifs is 2. The van der Waals surface area contributed by atoms with Gasteiger partial charge < -0.3 is 25.1 Å². The predicted molar refractivity (Wildman–Crippen MR) is 104 cm³/mol. The quantitative estimate of drug-likeness (QED) is 0.342. The van der Waals surface area contributed by atoms with E-state index < -0.39 is 36.1 Å². The summed E-state index contributed by atoms with van der Waals surface area (Å²) >= 11 is 0. The van der Waals surface area contributed by atoms with E-state index in [1.54, 1.807) is 18.5 Å². The Kier molecular flexibility index (Phi) is 5.03. The maximum absolute atomic E-state index is 13.7. The van der Waals surface area contributed by atoms with Gasteiger partial charge in [0.2, 0.25) is 5.91 Å². The van der Waals surface area contributed by atoms with Crippen molar-refractivity contribution in [3.63, 3.8) is 0 Å². The zero-order chi connectivity index (χ0) is 22.1. The molecular weight excluding hydrogens is 411 g/mol. The molecule has 0 saturated carbocycles. The highest BCUT2D eigenvalue weighted by atomic mass is 19.1. The number of nitrogens with one attached hydrogen (secondary N) is 2. The van der Waals surface area contributed by atoms with E-state index in [1.165, 1.54) is 17.0 Å². The van der Waals surface area contributed by atoms with Crippen molar-refractivity contribution in [2.75, 3.05) is 0 Å². The van der Waals surface area contributed by atoms with Crippen LogP contribution in [0.1, 0.15) is 6.42 Å². The van der Waals surface area contributed by atoms with Gasteiger partial charge in [0.25, 0.3) is 0 Å². The Labute approximate surface area is 172 Å². The van der Waals surface area contributed by atoms with E-state index in [9.17, 15) is 18.8 Å². The number of carbonyl (C=O) groups is 3. The van der Waals surface area contributed by atoms with Crippen molar-refractivity contribution in [3.8, 4) is 11.3 Å². The van der Waals surface area contributed by atoms with E-state index in [2.05, 4.69) is 25.3 Å². The number of H-pyrrole nitrogens is 1. The second-order valence-electron chi connectivity index (χ2n) is 6.71. The lowest BCUT2D eigenvalue weighted by atomic mass is 10.1. The first-order valence-corrected chi connectivity index (χ1v) is 9.00. The van der Waals surface area contributed by atoms with Gasteiger partial charge in [0, 0.05) is 28.7 Å². The molecule has 4 N–H and O–H groups in total. The highest BCUT2D eigenvalue weighted by Crippen LogP contribution is 2.31. The molecule has 0 bridgehead atoms. The summed E-state index contributed by atoms with van der Waals surface area (Å²) in [5.74, 6) is -3.98. The highest BCUT2D eigenvalue weighted by molar-refractivity contribution is 6.01. The van der Waals surface area contributed by atoms with E-state index in [0.717, 1.165) is 6.20 Å². The van der Waals surface area contributed by atoms with Crippen LogP contribution in [0.15, 0.2) is 37.1 Å². The molecule has 0 aliphatic heterocycles. The molecule has 0 aromatic carbocycles. The molecule has 4 heterocycles. The number of carboxylic acid groups (broad SMARTS) is 2. The molecule has 0 fully saturated rings. The minimum Gasteiger partial charge on any atom is -0.481 e. The molecule has 31 heavy (non-hydrogen) atoms. The maximum Gasteiger partial charge on any atom is 0.326 e. The minimum atomic E-state index is -1.55. The number of nitrogens with zero attached hydrogens (tertiary/aromatic N) is 4. The minimum absolute atomic E-state index is 0.284. The number of hydrogen-bond donors (Lipinski definition) is 4. The molecule has 0 aliphatic carbocycles. The molecular formula is C19H15FN6O5. The third-order valence-electron chi connectivity index (χ3n) is 4.63. The summed E-state index contributed by atoms with van der Waals surface area (Å²) in [4.78, 5) is 49.6. The van der Waals surface area contributed by atoms with Crippen molar-refractivity contribution in [2.45, 2.75) is 19.0 Å². The fraction of sp³-hybridized carbons (Fsp3) is 0.158. The monoisotopic (exact) mass is 426 g/mol. The van der Waals surface area contributed by atoms with Crippen LogP contribution >= 0.6 is 0 Å². The van der Waals surface area contributed by atoms with Gasteiger partial charge in [0.05, 0.1) is 18.3 Å². The fourth-order valence-corrected chi connectivity index (χ4v) is 3.29. The molecule has 4 aromatic heterocycles. The summed E-state index contributed by atoms with van der Waals surface area (Å²) in [5.41, 5.74) is 1.98. The lowest BCUT2D eigenvalue weighted by Gasteiger charge is -2.13. The first kappa shape index (κ1) is 19.9. The Hall–Kier alpha value is -4.35. The Morgan fingerprint density at radius 3 is 2.74 bits per heavy atom. The lowest BCUT2D eigenvalue weighted by molar-refractivity contribution is -0.147. The van der Waals surface area contributed by atoms with Crippen LogP contribution < -0.4 is 5.32 Å². The fourth-order valence-electron chi connectivity index (χ4n) is 3.29. The Balaban J connectivity index is 1.65. The van der Waals surface area contributed by atoms with Gasteiger partial charge in [-0.05, 0) is 12.1 Å². The van der Waals surface area contributed by atoms with Crippen LogP contribution in [0.25, 0.3) is 33.3 Å². The van der Waals surface area contributed by atoms with Gasteiger partial charge in [-0.25, -0.2) is 24.1 Å². The van der Waals surface area contributed by atoms with Crippen molar-refractivity contribution in [3.05, 3.63) is 42.9 Å². The van der Waals surface area contributed by atoms with Crippen LogP contribution in [0.5, 0.6) is 0 Å².